The van der Waals surface area contributed by atoms with Gasteiger partial charge < -0.3 is 5.73 Å². The predicted octanol–water partition coefficient (Wildman–Crippen LogP) is 0.392. The SMILES string of the molecule is CC(=O)c1ccc(C(N)=O)c(S(C)(=O)=O)c1. The van der Waals surface area contributed by atoms with E-state index in [2.05, 4.69) is 0 Å². The Morgan fingerprint density at radius 3 is 2.19 bits per heavy atom. The molecule has 0 spiro atoms. The molecule has 2 N–H and O–H groups in total. The van der Waals surface area contributed by atoms with Gasteiger partial charge in [0.1, 0.15) is 0 Å². The molecular weight excluding hydrogens is 230 g/mol. The van der Waals surface area contributed by atoms with Gasteiger partial charge in [0.15, 0.2) is 15.6 Å². The molecule has 1 amide bonds. The average Bonchev–Trinajstić information content (AvgIpc) is 2.15. The number of benzene rings is 1. The highest BCUT2D eigenvalue weighted by molar-refractivity contribution is 7.90. The normalized spacial score (nSPS) is 11.1. The van der Waals surface area contributed by atoms with E-state index in [0.29, 0.717) is 0 Å². The number of primary amides is 1. The summed E-state index contributed by atoms with van der Waals surface area (Å²) in [6.45, 7) is 1.31. The van der Waals surface area contributed by atoms with Crippen LogP contribution in [-0.4, -0.2) is 26.4 Å². The Balaban J connectivity index is 3.58. The van der Waals surface area contributed by atoms with Gasteiger partial charge in [-0.3, -0.25) is 9.59 Å². The van der Waals surface area contributed by atoms with Crippen molar-refractivity contribution < 1.29 is 18.0 Å². The standard InChI is InChI=1S/C10H11NO4S/c1-6(12)7-3-4-8(10(11)13)9(5-7)16(2,14)15/h3-5H,1-2H3,(H2,11,13). The third-order valence-electron chi connectivity index (χ3n) is 2.05. The number of sulfone groups is 1. The van der Waals surface area contributed by atoms with Gasteiger partial charge in [-0.25, -0.2) is 8.42 Å². The van der Waals surface area contributed by atoms with Gasteiger partial charge in [0.25, 0.3) is 0 Å². The van der Waals surface area contributed by atoms with Crippen molar-refractivity contribution in [3.05, 3.63) is 29.3 Å². The minimum atomic E-state index is -3.59. The number of amides is 1. The summed E-state index contributed by atoms with van der Waals surface area (Å²) in [6, 6.07) is 3.78. The van der Waals surface area contributed by atoms with E-state index in [-0.39, 0.29) is 21.8 Å². The lowest BCUT2D eigenvalue weighted by Crippen LogP contribution is -2.16. The van der Waals surface area contributed by atoms with Gasteiger partial charge >= 0.3 is 0 Å². The molecule has 0 fully saturated rings. The maximum absolute atomic E-state index is 11.4. The summed E-state index contributed by atoms with van der Waals surface area (Å²) in [5, 5.41) is 0. The first-order valence-corrected chi connectivity index (χ1v) is 6.27. The molecule has 1 aromatic rings. The first-order chi connectivity index (χ1) is 7.23. The number of hydrogen-bond acceptors (Lipinski definition) is 4. The summed E-state index contributed by atoms with van der Waals surface area (Å²) in [6.07, 6.45) is 0.957. The van der Waals surface area contributed by atoms with Crippen LogP contribution in [0.5, 0.6) is 0 Å². The Hall–Kier alpha value is -1.69. The molecular formula is C10H11NO4S. The molecule has 6 heteroatoms. The second-order valence-corrected chi connectivity index (χ2v) is 5.39. The Morgan fingerprint density at radius 2 is 1.81 bits per heavy atom. The predicted molar refractivity (Wildman–Crippen MR) is 58.1 cm³/mol. The van der Waals surface area contributed by atoms with Gasteiger partial charge in [-0.15, -0.1) is 0 Å². The molecule has 5 nitrogen and oxygen atoms in total. The number of nitrogens with two attached hydrogens (primary N) is 1. The van der Waals surface area contributed by atoms with Gasteiger partial charge in [-0.2, -0.15) is 0 Å². The third-order valence-corrected chi connectivity index (χ3v) is 3.19. The summed E-state index contributed by atoms with van der Waals surface area (Å²) in [5.41, 5.74) is 5.17. The number of hydrogen-bond donors (Lipinski definition) is 1. The highest BCUT2D eigenvalue weighted by atomic mass is 32.2. The van der Waals surface area contributed by atoms with Crippen LogP contribution >= 0.6 is 0 Å². The highest BCUT2D eigenvalue weighted by Crippen LogP contribution is 2.17. The summed E-state index contributed by atoms with van der Waals surface area (Å²) in [4.78, 5) is 21.9. The zero-order valence-electron chi connectivity index (χ0n) is 8.85. The van der Waals surface area contributed by atoms with Crippen molar-refractivity contribution in [3.8, 4) is 0 Å². The highest BCUT2D eigenvalue weighted by Gasteiger charge is 2.18. The molecule has 0 aliphatic rings. The molecule has 86 valence electrons. The van der Waals surface area contributed by atoms with E-state index >= 15 is 0 Å². The zero-order chi connectivity index (χ0) is 12.5. The van der Waals surface area contributed by atoms with Crippen LogP contribution in [0.1, 0.15) is 27.6 Å². The molecule has 0 aliphatic carbocycles. The number of rotatable bonds is 3. The van der Waals surface area contributed by atoms with Crippen molar-refractivity contribution in [1.82, 2.24) is 0 Å². The Morgan fingerprint density at radius 1 is 1.25 bits per heavy atom. The first-order valence-electron chi connectivity index (χ1n) is 4.38. The van der Waals surface area contributed by atoms with E-state index in [1.807, 2.05) is 0 Å². The lowest BCUT2D eigenvalue weighted by Gasteiger charge is -2.06. The molecule has 1 rings (SSSR count). The fourth-order valence-corrected chi connectivity index (χ4v) is 2.16. The minimum Gasteiger partial charge on any atom is -0.366 e. The second-order valence-electron chi connectivity index (χ2n) is 3.40. The summed E-state index contributed by atoms with van der Waals surface area (Å²) in [7, 11) is -3.59. The smallest absolute Gasteiger partial charge is 0.250 e. The number of Topliss-reactive ketones (excluding diaryl/α,β-unsaturated/α-hetero) is 1. The van der Waals surface area contributed by atoms with Crippen LogP contribution in [0.3, 0.4) is 0 Å². The minimum absolute atomic E-state index is 0.104. The molecule has 16 heavy (non-hydrogen) atoms. The average molecular weight is 241 g/mol. The van der Waals surface area contributed by atoms with Gasteiger partial charge in [-0.1, -0.05) is 6.07 Å². The number of carbonyl (C=O) groups excluding carboxylic acids is 2. The van der Waals surface area contributed by atoms with Crippen LogP contribution in [0, 0.1) is 0 Å². The van der Waals surface area contributed by atoms with Crippen molar-refractivity contribution >= 4 is 21.5 Å². The maximum Gasteiger partial charge on any atom is 0.250 e. The lowest BCUT2D eigenvalue weighted by molar-refractivity contribution is 0.0990. The van der Waals surface area contributed by atoms with Gasteiger partial charge in [0.2, 0.25) is 5.91 Å². The van der Waals surface area contributed by atoms with Gasteiger partial charge in [-0.05, 0) is 19.1 Å². The van der Waals surface area contributed by atoms with Crippen LogP contribution in [-0.2, 0) is 9.84 Å². The van der Waals surface area contributed by atoms with Crippen molar-refractivity contribution in [2.24, 2.45) is 5.73 Å². The fourth-order valence-electron chi connectivity index (χ4n) is 1.25. The molecule has 0 saturated heterocycles. The fraction of sp³-hybridized carbons (Fsp3) is 0.200. The molecule has 0 bridgehead atoms. The summed E-state index contributed by atoms with van der Waals surface area (Å²) < 4.78 is 22.8. The van der Waals surface area contributed by atoms with E-state index in [9.17, 15) is 18.0 Å². The molecule has 0 unspecified atom stereocenters. The topological polar surface area (TPSA) is 94.3 Å². The van der Waals surface area contributed by atoms with E-state index < -0.39 is 15.7 Å². The summed E-state index contributed by atoms with van der Waals surface area (Å²) in [5.74, 6) is -1.11. The molecule has 0 aliphatic heterocycles. The monoisotopic (exact) mass is 241 g/mol. The second kappa shape index (κ2) is 4.05. The van der Waals surface area contributed by atoms with E-state index in [0.717, 1.165) is 12.3 Å². The van der Waals surface area contributed by atoms with E-state index in [1.54, 1.807) is 0 Å². The molecule has 0 radical (unpaired) electrons. The van der Waals surface area contributed by atoms with Crippen LogP contribution in [0.2, 0.25) is 0 Å². The Kier molecular flexibility index (Phi) is 3.14. The third kappa shape index (κ3) is 2.46. The van der Waals surface area contributed by atoms with Crippen molar-refractivity contribution in [1.29, 1.82) is 0 Å². The van der Waals surface area contributed by atoms with E-state index in [4.69, 9.17) is 5.73 Å². The number of ketones is 1. The van der Waals surface area contributed by atoms with Gasteiger partial charge in [0.05, 0.1) is 10.5 Å². The van der Waals surface area contributed by atoms with E-state index in [1.165, 1.54) is 19.1 Å². The lowest BCUT2D eigenvalue weighted by atomic mass is 10.1. The van der Waals surface area contributed by atoms with Crippen molar-refractivity contribution in [3.63, 3.8) is 0 Å². The molecule has 0 atom stereocenters. The Bertz CT molecular complexity index is 560. The quantitative estimate of drug-likeness (QED) is 0.774. The van der Waals surface area contributed by atoms with Crippen LogP contribution in [0.25, 0.3) is 0 Å². The van der Waals surface area contributed by atoms with Crippen LogP contribution in [0.15, 0.2) is 23.1 Å². The van der Waals surface area contributed by atoms with Crippen molar-refractivity contribution in [2.45, 2.75) is 11.8 Å². The maximum atomic E-state index is 11.4. The first kappa shape index (κ1) is 12.4. The molecule has 1 aromatic carbocycles. The Labute approximate surface area is 93.2 Å². The largest absolute Gasteiger partial charge is 0.366 e. The zero-order valence-corrected chi connectivity index (χ0v) is 9.67. The molecule has 0 saturated carbocycles. The van der Waals surface area contributed by atoms with Crippen LogP contribution in [0.4, 0.5) is 0 Å². The number of carbonyl (C=O) groups is 2. The van der Waals surface area contributed by atoms with Crippen molar-refractivity contribution in [2.75, 3.05) is 6.26 Å². The molecule has 0 aromatic heterocycles. The van der Waals surface area contributed by atoms with Crippen LogP contribution < -0.4 is 5.73 Å². The van der Waals surface area contributed by atoms with Gasteiger partial charge in [0, 0.05) is 11.8 Å². The molecule has 0 heterocycles. The summed E-state index contributed by atoms with van der Waals surface area (Å²) >= 11 is 0.